The van der Waals surface area contributed by atoms with E-state index in [-0.39, 0.29) is 11.8 Å². The molecule has 6 nitrogen and oxygen atoms in total. The quantitative estimate of drug-likeness (QED) is 0.347. The number of hydrogen-bond acceptors (Lipinski definition) is 3. The van der Waals surface area contributed by atoms with Crippen LogP contribution in [0.15, 0.2) is 48.5 Å². The number of benzene rings is 2. The number of amides is 2. The van der Waals surface area contributed by atoms with Gasteiger partial charge in [0.15, 0.2) is 0 Å². The summed E-state index contributed by atoms with van der Waals surface area (Å²) >= 11 is -2.10. The van der Waals surface area contributed by atoms with Crippen molar-refractivity contribution in [2.24, 2.45) is 5.92 Å². The van der Waals surface area contributed by atoms with E-state index in [0.29, 0.717) is 24.8 Å². The predicted molar refractivity (Wildman–Crippen MR) is 140 cm³/mol. The molecule has 0 bridgehead atoms. The van der Waals surface area contributed by atoms with E-state index in [9.17, 15) is 19.5 Å². The smallest absolute Gasteiger partial charge is 0.326 e. The van der Waals surface area contributed by atoms with Crippen molar-refractivity contribution in [3.8, 4) is 11.1 Å². The number of carboxylic acid groups (broad SMARTS) is 1. The van der Waals surface area contributed by atoms with Gasteiger partial charge in [-0.05, 0) is 12.3 Å². The molecule has 2 aromatic rings. The number of nitrogens with one attached hydrogen (secondary N) is 2. The second-order valence-corrected chi connectivity index (χ2v) is 24.7. The molecule has 7 heteroatoms. The molecule has 0 aliphatic rings. The molecule has 0 heterocycles. The minimum atomic E-state index is -2.10. The van der Waals surface area contributed by atoms with Crippen molar-refractivity contribution < 1.29 is 19.5 Å². The Morgan fingerprint density at radius 2 is 1.38 bits per heavy atom. The topological polar surface area (TPSA) is 95.5 Å². The molecule has 0 radical (unpaired) electrons. The Morgan fingerprint density at radius 3 is 1.82 bits per heavy atom. The van der Waals surface area contributed by atoms with Gasteiger partial charge in [0, 0.05) is 0 Å². The first-order valence-electron chi connectivity index (χ1n) is 12.0. The third-order valence-electron chi connectivity index (χ3n) is 5.75. The standard InChI is InChI=1S/C24H29N2O4.3CH3.Sn/c1-4-8-20(24(29)30)25-23(28)21(15-16(2)3)26-22(27)19-13-11-18(12-14-19)17-9-6-5-7-10-17;;;;/h6-7,9-14,16,20-21H,4,8,15H2,1-3H3,(H,25,28)(H,26,27)(H,29,30);3*1H3;/t20?,21-;;;;/m0..../s1. The van der Waals surface area contributed by atoms with Gasteiger partial charge in [-0.1, -0.05) is 27.2 Å². The summed E-state index contributed by atoms with van der Waals surface area (Å²) < 4.78 is 1.47. The van der Waals surface area contributed by atoms with Crippen molar-refractivity contribution in [1.82, 2.24) is 10.6 Å². The zero-order valence-corrected chi connectivity index (χ0v) is 24.0. The van der Waals surface area contributed by atoms with E-state index in [1.165, 1.54) is 3.58 Å². The number of hydrogen-bond donors (Lipinski definition) is 3. The molecule has 2 aromatic carbocycles. The Morgan fingerprint density at radius 1 is 0.853 bits per heavy atom. The summed E-state index contributed by atoms with van der Waals surface area (Å²) in [4.78, 5) is 44.3. The average Bonchev–Trinajstić information content (AvgIpc) is 2.77. The summed E-state index contributed by atoms with van der Waals surface area (Å²) in [6.07, 6.45) is 1.39. The van der Waals surface area contributed by atoms with Crippen molar-refractivity contribution in [3.05, 3.63) is 54.1 Å². The Hall–Kier alpha value is -2.35. The monoisotopic (exact) mass is 574 g/mol. The second-order valence-electron chi connectivity index (χ2n) is 10.2. The first kappa shape index (κ1) is 27.9. The summed E-state index contributed by atoms with van der Waals surface area (Å²) in [6.45, 7) is 5.77. The summed E-state index contributed by atoms with van der Waals surface area (Å²) in [6, 6.07) is 14.2. The van der Waals surface area contributed by atoms with Crippen molar-refractivity contribution in [1.29, 1.82) is 0 Å². The first-order valence-corrected chi connectivity index (χ1v) is 22.0. The maximum absolute atomic E-state index is 12.9. The van der Waals surface area contributed by atoms with Gasteiger partial charge in [-0.25, -0.2) is 4.79 Å². The SMILES string of the molecule is CCCC(NC(=O)[C@H](CC(C)C)NC(=O)c1ccc(-c2cc[c]([Sn]([CH3])([CH3])[CH3])cc2)cc1)C(=O)O. The van der Waals surface area contributed by atoms with Crippen molar-refractivity contribution in [2.75, 3.05) is 0 Å². The van der Waals surface area contributed by atoms with Crippen LogP contribution in [0.4, 0.5) is 0 Å². The molecule has 0 saturated heterocycles. The van der Waals surface area contributed by atoms with E-state index in [0.717, 1.165) is 11.1 Å². The van der Waals surface area contributed by atoms with Gasteiger partial charge in [0.25, 0.3) is 0 Å². The van der Waals surface area contributed by atoms with E-state index in [1.807, 2.05) is 32.9 Å². The van der Waals surface area contributed by atoms with E-state index < -0.39 is 42.3 Å². The van der Waals surface area contributed by atoms with Crippen LogP contribution in [-0.4, -0.2) is 53.4 Å². The van der Waals surface area contributed by atoms with Crippen LogP contribution in [-0.2, 0) is 9.59 Å². The van der Waals surface area contributed by atoms with Crippen LogP contribution in [0.5, 0.6) is 0 Å². The number of rotatable bonds is 11. The van der Waals surface area contributed by atoms with Crippen LogP contribution in [0.3, 0.4) is 0 Å². The number of carbonyl (C=O) groups excluding carboxylic acids is 2. The van der Waals surface area contributed by atoms with E-state index in [4.69, 9.17) is 0 Å². The summed E-state index contributed by atoms with van der Waals surface area (Å²) in [5.74, 6) is -1.75. The third-order valence-corrected chi connectivity index (χ3v) is 11.6. The van der Waals surface area contributed by atoms with E-state index in [2.05, 4.69) is 49.7 Å². The van der Waals surface area contributed by atoms with Gasteiger partial charge in [0.2, 0.25) is 0 Å². The molecule has 0 aliphatic heterocycles. The van der Waals surface area contributed by atoms with E-state index in [1.54, 1.807) is 12.1 Å². The first-order chi connectivity index (χ1) is 15.9. The molecule has 1 unspecified atom stereocenters. The molecule has 2 rings (SSSR count). The largest absolute Gasteiger partial charge is 0.480 e. The summed E-state index contributed by atoms with van der Waals surface area (Å²) in [5, 5.41) is 14.7. The maximum atomic E-state index is 12.9. The number of carbonyl (C=O) groups is 3. The van der Waals surface area contributed by atoms with Gasteiger partial charge in [0.05, 0.1) is 0 Å². The Labute approximate surface area is 207 Å². The molecule has 0 saturated carbocycles. The van der Waals surface area contributed by atoms with Gasteiger partial charge < -0.3 is 10.4 Å². The normalized spacial score (nSPS) is 13.3. The predicted octanol–water partition coefficient (Wildman–Crippen LogP) is 4.41. The molecule has 2 atom stereocenters. The molecule has 0 aromatic heterocycles. The van der Waals surface area contributed by atoms with Gasteiger partial charge in [-0.3, -0.25) is 4.79 Å². The third kappa shape index (κ3) is 8.15. The molecule has 184 valence electrons. The van der Waals surface area contributed by atoms with E-state index >= 15 is 0 Å². The van der Waals surface area contributed by atoms with Gasteiger partial charge in [-0.15, -0.1) is 0 Å². The van der Waals surface area contributed by atoms with Crippen molar-refractivity contribution in [3.63, 3.8) is 0 Å². The van der Waals surface area contributed by atoms with Crippen LogP contribution in [0.2, 0.25) is 14.8 Å². The molecule has 0 spiro atoms. The molecule has 0 aliphatic carbocycles. The fourth-order valence-electron chi connectivity index (χ4n) is 3.74. The Balaban J connectivity index is 2.13. The van der Waals surface area contributed by atoms with Crippen LogP contribution >= 0.6 is 0 Å². The molecular formula is C27H38N2O4Sn. The van der Waals surface area contributed by atoms with Gasteiger partial charge in [-0.2, -0.15) is 0 Å². The van der Waals surface area contributed by atoms with Gasteiger partial charge in [0.1, 0.15) is 6.04 Å². The fourth-order valence-corrected chi connectivity index (χ4v) is 7.07. The second kappa shape index (κ2) is 12.4. The molecule has 34 heavy (non-hydrogen) atoms. The summed E-state index contributed by atoms with van der Waals surface area (Å²) in [5.41, 5.74) is 2.57. The van der Waals surface area contributed by atoms with Gasteiger partial charge >= 0.3 is 142 Å². The molecule has 2 amide bonds. The van der Waals surface area contributed by atoms with Crippen molar-refractivity contribution >= 4 is 39.7 Å². The minimum absolute atomic E-state index is 0.147. The number of carboxylic acids is 1. The molecule has 3 N–H and O–H groups in total. The van der Waals surface area contributed by atoms with Crippen LogP contribution in [0.25, 0.3) is 11.1 Å². The average molecular weight is 573 g/mol. The minimum Gasteiger partial charge on any atom is -0.480 e. The summed E-state index contributed by atoms with van der Waals surface area (Å²) in [7, 11) is 0. The zero-order valence-electron chi connectivity index (χ0n) is 21.1. The van der Waals surface area contributed by atoms with Crippen LogP contribution in [0.1, 0.15) is 50.4 Å². The Bertz CT molecular complexity index is 979. The van der Waals surface area contributed by atoms with Crippen LogP contribution < -0.4 is 14.2 Å². The van der Waals surface area contributed by atoms with Crippen LogP contribution in [0, 0.1) is 5.92 Å². The molecule has 0 fully saturated rings. The maximum Gasteiger partial charge on any atom is 0.326 e. The molecular weight excluding hydrogens is 535 g/mol. The Kier molecular flexibility index (Phi) is 10.2. The number of aliphatic carboxylic acids is 1. The van der Waals surface area contributed by atoms with Crippen molar-refractivity contribution in [2.45, 2.75) is 66.9 Å². The fraction of sp³-hybridized carbons (Fsp3) is 0.444. The zero-order chi connectivity index (χ0) is 25.5.